The van der Waals surface area contributed by atoms with Gasteiger partial charge in [0.25, 0.3) is 0 Å². The number of nitrogens with one attached hydrogen (secondary N) is 1. The SMILES string of the molecule is CC(NC1CCC(N)CC1)c1ccc(-n2ccnc2)cc1. The zero-order chi connectivity index (χ0) is 14.7. The summed E-state index contributed by atoms with van der Waals surface area (Å²) in [5, 5.41) is 3.74. The van der Waals surface area contributed by atoms with Crippen molar-refractivity contribution in [3.8, 4) is 5.69 Å². The van der Waals surface area contributed by atoms with Crippen LogP contribution < -0.4 is 11.1 Å². The first kappa shape index (κ1) is 14.3. The lowest BCUT2D eigenvalue weighted by Gasteiger charge is -2.29. The van der Waals surface area contributed by atoms with Gasteiger partial charge in [-0.25, -0.2) is 4.98 Å². The summed E-state index contributed by atoms with van der Waals surface area (Å²) >= 11 is 0. The minimum atomic E-state index is 0.376. The minimum absolute atomic E-state index is 0.376. The molecule has 112 valence electrons. The Balaban J connectivity index is 1.61. The van der Waals surface area contributed by atoms with Gasteiger partial charge in [-0.2, -0.15) is 0 Å². The lowest BCUT2D eigenvalue weighted by atomic mass is 9.91. The quantitative estimate of drug-likeness (QED) is 0.907. The van der Waals surface area contributed by atoms with Gasteiger partial charge in [-0.1, -0.05) is 12.1 Å². The molecule has 1 atom stereocenters. The smallest absolute Gasteiger partial charge is 0.0991 e. The summed E-state index contributed by atoms with van der Waals surface area (Å²) in [6, 6.07) is 10.1. The highest BCUT2D eigenvalue weighted by atomic mass is 15.0. The van der Waals surface area contributed by atoms with E-state index in [0.717, 1.165) is 18.5 Å². The molecule has 3 N–H and O–H groups in total. The predicted molar refractivity (Wildman–Crippen MR) is 85.3 cm³/mol. The highest BCUT2D eigenvalue weighted by Crippen LogP contribution is 2.22. The van der Waals surface area contributed by atoms with Crippen LogP contribution in [-0.4, -0.2) is 21.6 Å². The van der Waals surface area contributed by atoms with E-state index in [1.807, 2.05) is 17.1 Å². The standard InChI is InChI=1S/C17H24N4/c1-13(20-16-6-4-15(18)5-7-16)14-2-8-17(9-3-14)21-11-10-19-12-21/h2-3,8-13,15-16,20H,4-7,18H2,1H3. The van der Waals surface area contributed by atoms with Crippen LogP contribution in [0, 0.1) is 0 Å². The van der Waals surface area contributed by atoms with Crippen molar-refractivity contribution in [1.29, 1.82) is 0 Å². The zero-order valence-corrected chi connectivity index (χ0v) is 12.6. The molecule has 1 aromatic carbocycles. The summed E-state index contributed by atoms with van der Waals surface area (Å²) in [7, 11) is 0. The van der Waals surface area contributed by atoms with Gasteiger partial charge >= 0.3 is 0 Å². The van der Waals surface area contributed by atoms with Crippen LogP contribution in [-0.2, 0) is 0 Å². The Kier molecular flexibility index (Phi) is 4.36. The van der Waals surface area contributed by atoms with Crippen LogP contribution in [0.25, 0.3) is 5.69 Å². The first-order valence-corrected chi connectivity index (χ1v) is 7.82. The number of imidazole rings is 1. The van der Waals surface area contributed by atoms with Crippen LogP contribution in [0.4, 0.5) is 0 Å². The Hall–Kier alpha value is -1.65. The maximum atomic E-state index is 5.97. The van der Waals surface area contributed by atoms with Crippen LogP contribution in [0.15, 0.2) is 43.0 Å². The predicted octanol–water partition coefficient (Wildman–Crippen LogP) is 2.79. The lowest BCUT2D eigenvalue weighted by molar-refractivity contribution is 0.322. The fourth-order valence-electron chi connectivity index (χ4n) is 3.08. The molecule has 0 aliphatic heterocycles. The molecule has 1 aromatic heterocycles. The third-order valence-corrected chi connectivity index (χ3v) is 4.45. The molecule has 2 aromatic rings. The summed E-state index contributed by atoms with van der Waals surface area (Å²) in [5.41, 5.74) is 8.44. The highest BCUT2D eigenvalue weighted by molar-refractivity contribution is 5.35. The summed E-state index contributed by atoms with van der Waals surface area (Å²) in [5.74, 6) is 0. The van der Waals surface area contributed by atoms with Gasteiger partial charge in [0.2, 0.25) is 0 Å². The van der Waals surface area contributed by atoms with Gasteiger partial charge in [-0.15, -0.1) is 0 Å². The summed E-state index contributed by atoms with van der Waals surface area (Å²) in [4.78, 5) is 4.08. The Morgan fingerprint density at radius 3 is 2.52 bits per heavy atom. The average molecular weight is 284 g/mol. The molecule has 0 amide bonds. The number of hydrogen-bond acceptors (Lipinski definition) is 3. The number of hydrogen-bond donors (Lipinski definition) is 2. The number of nitrogens with two attached hydrogens (primary N) is 1. The molecule has 0 radical (unpaired) electrons. The fraction of sp³-hybridized carbons (Fsp3) is 0.471. The first-order valence-electron chi connectivity index (χ1n) is 7.82. The van der Waals surface area contributed by atoms with Gasteiger partial charge in [0.15, 0.2) is 0 Å². The highest BCUT2D eigenvalue weighted by Gasteiger charge is 2.20. The lowest BCUT2D eigenvalue weighted by Crippen LogP contribution is -2.38. The third-order valence-electron chi connectivity index (χ3n) is 4.45. The molecule has 21 heavy (non-hydrogen) atoms. The van der Waals surface area contributed by atoms with Gasteiger partial charge in [-0.3, -0.25) is 0 Å². The summed E-state index contributed by atoms with van der Waals surface area (Å²) < 4.78 is 2.02. The number of nitrogens with zero attached hydrogens (tertiary/aromatic N) is 2. The molecule has 0 spiro atoms. The van der Waals surface area contributed by atoms with Crippen molar-refractivity contribution in [2.45, 2.75) is 50.7 Å². The molecule has 4 nitrogen and oxygen atoms in total. The second kappa shape index (κ2) is 6.41. The van der Waals surface area contributed by atoms with Gasteiger partial charge in [-0.05, 0) is 50.3 Å². The van der Waals surface area contributed by atoms with Gasteiger partial charge in [0.05, 0.1) is 6.33 Å². The molecule has 1 aliphatic rings. The van der Waals surface area contributed by atoms with E-state index in [-0.39, 0.29) is 0 Å². The van der Waals surface area contributed by atoms with Crippen molar-refractivity contribution < 1.29 is 0 Å². The number of aromatic nitrogens is 2. The van der Waals surface area contributed by atoms with E-state index in [9.17, 15) is 0 Å². The van der Waals surface area contributed by atoms with Crippen molar-refractivity contribution in [1.82, 2.24) is 14.9 Å². The largest absolute Gasteiger partial charge is 0.328 e. The molecule has 0 saturated heterocycles. The first-order chi connectivity index (χ1) is 10.2. The minimum Gasteiger partial charge on any atom is -0.328 e. The Bertz CT molecular complexity index is 539. The molecule has 1 aliphatic carbocycles. The van der Waals surface area contributed by atoms with E-state index >= 15 is 0 Å². The molecule has 4 heteroatoms. The van der Waals surface area contributed by atoms with Gasteiger partial charge < -0.3 is 15.6 Å². The van der Waals surface area contributed by atoms with Crippen molar-refractivity contribution >= 4 is 0 Å². The Labute approximate surface area is 126 Å². The van der Waals surface area contributed by atoms with Crippen LogP contribution in [0.3, 0.4) is 0 Å². The van der Waals surface area contributed by atoms with Gasteiger partial charge in [0.1, 0.15) is 0 Å². The molecule has 1 unspecified atom stereocenters. The van der Waals surface area contributed by atoms with E-state index in [4.69, 9.17) is 5.73 Å². The molecule has 1 heterocycles. The normalized spacial score (nSPS) is 23.9. The van der Waals surface area contributed by atoms with Crippen LogP contribution in [0.1, 0.15) is 44.2 Å². The molecule has 1 fully saturated rings. The summed E-state index contributed by atoms with van der Waals surface area (Å²) in [6.45, 7) is 2.24. The maximum Gasteiger partial charge on any atom is 0.0991 e. The van der Waals surface area contributed by atoms with Crippen LogP contribution in [0.2, 0.25) is 0 Å². The fourth-order valence-corrected chi connectivity index (χ4v) is 3.08. The monoisotopic (exact) mass is 284 g/mol. The molecular formula is C17H24N4. The number of benzene rings is 1. The molecule has 1 saturated carbocycles. The van der Waals surface area contributed by atoms with E-state index in [2.05, 4.69) is 41.5 Å². The van der Waals surface area contributed by atoms with Crippen LogP contribution in [0.5, 0.6) is 0 Å². The van der Waals surface area contributed by atoms with Crippen molar-refractivity contribution in [2.75, 3.05) is 0 Å². The topological polar surface area (TPSA) is 55.9 Å². The molecule has 3 rings (SSSR count). The Morgan fingerprint density at radius 2 is 1.90 bits per heavy atom. The zero-order valence-electron chi connectivity index (χ0n) is 12.6. The molecule has 0 bridgehead atoms. The summed E-state index contributed by atoms with van der Waals surface area (Å²) in [6.07, 6.45) is 10.3. The van der Waals surface area contributed by atoms with Crippen molar-refractivity contribution in [3.05, 3.63) is 48.5 Å². The van der Waals surface area contributed by atoms with E-state index in [1.165, 1.54) is 18.4 Å². The van der Waals surface area contributed by atoms with Gasteiger partial charge in [0, 0.05) is 36.2 Å². The number of rotatable bonds is 4. The van der Waals surface area contributed by atoms with E-state index < -0.39 is 0 Å². The second-order valence-corrected chi connectivity index (χ2v) is 6.06. The maximum absolute atomic E-state index is 5.97. The third kappa shape index (κ3) is 3.52. The second-order valence-electron chi connectivity index (χ2n) is 6.06. The van der Waals surface area contributed by atoms with Crippen LogP contribution >= 0.6 is 0 Å². The average Bonchev–Trinajstić information content (AvgIpc) is 3.04. The Morgan fingerprint density at radius 1 is 1.19 bits per heavy atom. The molecular weight excluding hydrogens is 260 g/mol. The van der Waals surface area contributed by atoms with E-state index in [1.54, 1.807) is 6.20 Å². The van der Waals surface area contributed by atoms with E-state index in [0.29, 0.717) is 18.1 Å². The van der Waals surface area contributed by atoms with Crippen molar-refractivity contribution in [2.24, 2.45) is 5.73 Å². The van der Waals surface area contributed by atoms with Crippen molar-refractivity contribution in [3.63, 3.8) is 0 Å².